The van der Waals surface area contributed by atoms with Crippen LogP contribution in [0.3, 0.4) is 0 Å². The van der Waals surface area contributed by atoms with E-state index in [1.165, 1.54) is 0 Å². The number of aromatic amines is 1. The van der Waals surface area contributed by atoms with Crippen LogP contribution in [0, 0.1) is 13.7 Å². The van der Waals surface area contributed by atoms with Crippen LogP contribution in [0.5, 0.6) is 0 Å². The Hall–Kier alpha value is -2.14. The first kappa shape index (κ1) is 10.6. The fourth-order valence-corrected chi connectivity index (χ4v) is 1.96. The first-order valence-corrected chi connectivity index (χ1v) is 6.39. The Labute approximate surface area is 138 Å². The third-order valence-electron chi connectivity index (χ3n) is 3.17. The van der Waals surface area contributed by atoms with E-state index in [4.69, 9.17) is 13.3 Å². The van der Waals surface area contributed by atoms with Crippen molar-refractivity contribution in [3.05, 3.63) is 32.2 Å². The number of aliphatic hydroxyl groups is 4. The number of aryl methyl sites for hydroxylation is 1. The molecule has 0 spiro atoms. The summed E-state index contributed by atoms with van der Waals surface area (Å²) in [6.07, 6.45) is -5.71. The van der Waals surface area contributed by atoms with Crippen molar-refractivity contribution in [2.24, 2.45) is 0 Å². The summed E-state index contributed by atoms with van der Waals surface area (Å²) < 4.78 is 46.3. The van der Waals surface area contributed by atoms with Crippen molar-refractivity contribution in [3.63, 3.8) is 0 Å². The van der Waals surface area contributed by atoms with E-state index in [0.29, 0.717) is 4.57 Å². The van der Waals surface area contributed by atoms with Gasteiger partial charge in [0.05, 0.1) is 18.8 Å². The minimum atomic E-state index is -3.14. The number of nitrogens with one attached hydrogen (secondary N) is 1. The van der Waals surface area contributed by atoms with Gasteiger partial charge in [-0.05, 0) is 13.7 Å². The highest BCUT2D eigenvalue weighted by Gasteiger charge is 2.27. The van der Waals surface area contributed by atoms with Crippen molar-refractivity contribution in [1.82, 2.24) is 19.5 Å². The molecule has 0 aliphatic carbocycles. The van der Waals surface area contributed by atoms with Crippen molar-refractivity contribution < 1.29 is 28.7 Å². The lowest BCUT2D eigenvalue weighted by molar-refractivity contribution is -0.0807. The second-order valence-electron chi connectivity index (χ2n) is 4.77. The number of hydrogen-bond acceptors (Lipinski definition) is 8. The van der Waals surface area contributed by atoms with Crippen LogP contribution in [0.4, 0.5) is 0 Å². The van der Waals surface area contributed by atoms with E-state index in [0.717, 1.165) is 0 Å². The zero-order valence-electron chi connectivity index (χ0n) is 17.6. The molecule has 3 atom stereocenters. The van der Waals surface area contributed by atoms with E-state index in [-0.39, 0.29) is 0 Å². The monoisotopic (exact) mass is 332 g/mol. The molecule has 126 valence electrons. The second-order valence-corrected chi connectivity index (χ2v) is 4.77. The first-order valence-electron chi connectivity index (χ1n) is 9.39. The average Bonchev–Trinajstić information content (AvgIpc) is 2.58. The lowest BCUT2D eigenvalue weighted by atomic mass is 10.1. The van der Waals surface area contributed by atoms with Crippen LogP contribution in [0.2, 0.25) is 0 Å². The molecule has 23 heavy (non-hydrogen) atoms. The number of aliphatic hydroxyl groups excluding tert-OH is 4. The van der Waals surface area contributed by atoms with E-state index < -0.39 is 79.3 Å². The number of rotatable bonds is 5. The van der Waals surface area contributed by atoms with Gasteiger partial charge in [0.1, 0.15) is 18.3 Å². The quantitative estimate of drug-likeness (QED) is 0.390. The van der Waals surface area contributed by atoms with Gasteiger partial charge in [-0.2, -0.15) is 4.98 Å². The molecule has 0 amide bonds. The van der Waals surface area contributed by atoms with E-state index in [1.807, 2.05) is 0 Å². The molecule has 10 heteroatoms. The SMILES string of the molecule is [2H]C([2H])([2H])c1nc2c(=O)[nH]c(=O)nc-2n(C[C@H](O)[C@H](O)[C@H](O)CO)c1C([2H])([2H])[2H]. The fraction of sp³-hybridized carbons (Fsp3) is 0.538. The van der Waals surface area contributed by atoms with E-state index in [9.17, 15) is 24.9 Å². The number of hydrogen-bond donors (Lipinski definition) is 5. The van der Waals surface area contributed by atoms with Crippen molar-refractivity contribution >= 4 is 0 Å². The predicted molar refractivity (Wildman–Crippen MR) is 78.1 cm³/mol. The molecule has 2 heterocycles. The zero-order valence-corrected chi connectivity index (χ0v) is 11.6. The largest absolute Gasteiger partial charge is 0.394 e. The Morgan fingerprint density at radius 2 is 1.96 bits per heavy atom. The van der Waals surface area contributed by atoms with Gasteiger partial charge in [-0.25, -0.2) is 9.78 Å². The van der Waals surface area contributed by atoms with Crippen LogP contribution in [-0.4, -0.2) is 64.9 Å². The summed E-state index contributed by atoms with van der Waals surface area (Å²) in [4.78, 5) is 32.5. The minimum absolute atomic E-state index is 0.575. The topological polar surface area (TPSA) is 162 Å². The molecule has 0 aromatic heterocycles. The summed E-state index contributed by atoms with van der Waals surface area (Å²) in [6.45, 7) is -8.06. The molecule has 0 unspecified atom stereocenters. The van der Waals surface area contributed by atoms with Crippen LogP contribution in [0.15, 0.2) is 9.59 Å². The van der Waals surface area contributed by atoms with E-state index in [2.05, 4.69) is 9.97 Å². The molecule has 0 saturated carbocycles. The maximum Gasteiger partial charge on any atom is 0.349 e. The van der Waals surface area contributed by atoms with Crippen LogP contribution in [0.1, 0.15) is 19.6 Å². The van der Waals surface area contributed by atoms with Crippen molar-refractivity contribution in [2.45, 2.75) is 38.6 Å². The van der Waals surface area contributed by atoms with Crippen LogP contribution < -0.4 is 11.2 Å². The second kappa shape index (κ2) is 6.54. The Morgan fingerprint density at radius 3 is 2.57 bits per heavy atom. The van der Waals surface area contributed by atoms with Gasteiger partial charge in [0.2, 0.25) is 0 Å². The van der Waals surface area contributed by atoms with Crippen molar-refractivity contribution in [2.75, 3.05) is 6.61 Å². The molecular formula is C13H18N4O6. The maximum atomic E-state index is 12.1. The first-order chi connectivity index (χ1) is 13.2. The Kier molecular flexibility index (Phi) is 3.02. The Bertz CT molecular complexity index is 970. The van der Waals surface area contributed by atoms with E-state index >= 15 is 0 Å². The van der Waals surface area contributed by atoms with E-state index in [1.54, 1.807) is 4.98 Å². The molecule has 0 bridgehead atoms. The molecule has 0 radical (unpaired) electrons. The number of H-pyrrole nitrogens is 1. The lowest BCUT2D eigenvalue weighted by Gasteiger charge is -2.25. The summed E-state index contributed by atoms with van der Waals surface area (Å²) in [5.74, 6) is -0.636. The summed E-state index contributed by atoms with van der Waals surface area (Å²) >= 11 is 0. The van der Waals surface area contributed by atoms with Gasteiger partial charge in [-0.1, -0.05) is 0 Å². The van der Waals surface area contributed by atoms with Gasteiger partial charge in [0, 0.05) is 13.9 Å². The van der Waals surface area contributed by atoms with Crippen LogP contribution in [-0.2, 0) is 6.54 Å². The molecule has 0 aromatic rings. The highest BCUT2D eigenvalue weighted by Crippen LogP contribution is 2.18. The normalized spacial score (nSPS) is 20.5. The van der Waals surface area contributed by atoms with Gasteiger partial charge in [-0.15, -0.1) is 0 Å². The minimum Gasteiger partial charge on any atom is -0.394 e. The Morgan fingerprint density at radius 1 is 1.22 bits per heavy atom. The molecular weight excluding hydrogens is 308 g/mol. The summed E-state index contributed by atoms with van der Waals surface area (Å²) in [6, 6.07) is 0. The fourth-order valence-electron chi connectivity index (χ4n) is 1.96. The Balaban J connectivity index is 2.89. The third-order valence-corrected chi connectivity index (χ3v) is 3.17. The van der Waals surface area contributed by atoms with Gasteiger partial charge >= 0.3 is 5.69 Å². The van der Waals surface area contributed by atoms with Gasteiger partial charge < -0.3 is 25.0 Å². The maximum absolute atomic E-state index is 12.1. The average molecular weight is 332 g/mol. The molecule has 2 aliphatic heterocycles. The van der Waals surface area contributed by atoms with Crippen LogP contribution in [0.25, 0.3) is 11.5 Å². The van der Waals surface area contributed by atoms with Crippen LogP contribution >= 0.6 is 0 Å². The molecule has 0 aromatic carbocycles. The third kappa shape index (κ3) is 3.29. The molecule has 0 saturated heterocycles. The van der Waals surface area contributed by atoms with Gasteiger partial charge in [0.25, 0.3) is 5.56 Å². The number of nitrogens with zero attached hydrogens (tertiary/aromatic N) is 3. The molecule has 10 nitrogen and oxygen atoms in total. The standard InChI is InChI=1S/C13H18N4O6/c1-5-6(2)17(3-7(19)10(21)8(20)4-18)11-9(14-5)12(22)16-13(23)15-11/h7-8,10,18-21H,3-4H2,1-2H3,(H,16,22,23)/t7-,8+,10-/m0/s1/i1D3,2D3. The lowest BCUT2D eigenvalue weighted by Crippen LogP contribution is -2.42. The highest BCUT2D eigenvalue weighted by atomic mass is 16.4. The summed E-state index contributed by atoms with van der Waals surface area (Å²) in [5, 5.41) is 38.4. The molecule has 5 N–H and O–H groups in total. The highest BCUT2D eigenvalue weighted by molar-refractivity contribution is 5.50. The number of aromatic nitrogens is 4. The predicted octanol–water partition coefficient (Wildman–Crippen LogP) is -2.88. The molecule has 0 fully saturated rings. The van der Waals surface area contributed by atoms with Gasteiger partial charge in [-0.3, -0.25) is 9.78 Å². The molecule has 2 aliphatic rings. The van der Waals surface area contributed by atoms with Crippen molar-refractivity contribution in [1.29, 1.82) is 0 Å². The smallest absolute Gasteiger partial charge is 0.349 e. The molecule has 2 rings (SSSR count). The summed E-state index contributed by atoms with van der Waals surface area (Å²) in [7, 11) is 0. The summed E-state index contributed by atoms with van der Waals surface area (Å²) in [5.41, 5.74) is -4.91. The number of fused-ring (bicyclic) bond motifs is 1. The zero-order chi connectivity index (χ0) is 22.3. The van der Waals surface area contributed by atoms with Gasteiger partial charge in [0.15, 0.2) is 11.5 Å². The van der Waals surface area contributed by atoms with Crippen molar-refractivity contribution in [3.8, 4) is 11.5 Å².